The molecule has 29 heavy (non-hydrogen) atoms. The number of rotatable bonds is 6. The van der Waals surface area contributed by atoms with Crippen LogP contribution < -0.4 is 10.9 Å². The van der Waals surface area contributed by atoms with Gasteiger partial charge in [0, 0.05) is 22.3 Å². The third-order valence-electron chi connectivity index (χ3n) is 4.63. The highest BCUT2D eigenvalue weighted by molar-refractivity contribution is 9.10. The van der Waals surface area contributed by atoms with Crippen molar-refractivity contribution in [1.29, 1.82) is 0 Å². The topological polar surface area (TPSA) is 64.0 Å². The Balaban J connectivity index is 1.50. The third-order valence-corrected chi connectivity index (χ3v) is 6.06. The lowest BCUT2D eigenvalue weighted by Crippen LogP contribution is -2.31. The monoisotopic (exact) mass is 467 g/mol. The van der Waals surface area contributed by atoms with Gasteiger partial charge >= 0.3 is 0 Å². The average Bonchev–Trinajstić information content (AvgIpc) is 3.27. The van der Waals surface area contributed by atoms with Crippen LogP contribution in [0.5, 0.6) is 0 Å². The highest BCUT2D eigenvalue weighted by Crippen LogP contribution is 2.26. The lowest BCUT2D eigenvalue weighted by atomic mass is 10.1. The number of thiophene rings is 1. The van der Waals surface area contributed by atoms with Crippen LogP contribution in [0.4, 0.5) is 0 Å². The number of halogens is 1. The predicted octanol–water partition coefficient (Wildman–Crippen LogP) is 4.52. The smallest absolute Gasteiger partial charge is 0.261 e. The highest BCUT2D eigenvalue weighted by atomic mass is 79.9. The van der Waals surface area contributed by atoms with Crippen LogP contribution in [-0.2, 0) is 11.3 Å². The van der Waals surface area contributed by atoms with Gasteiger partial charge < -0.3 is 5.32 Å². The van der Waals surface area contributed by atoms with E-state index in [1.807, 2.05) is 53.9 Å². The summed E-state index contributed by atoms with van der Waals surface area (Å²) < 4.78 is 2.30. The van der Waals surface area contributed by atoms with E-state index in [0.717, 1.165) is 14.9 Å². The van der Waals surface area contributed by atoms with Gasteiger partial charge in [-0.3, -0.25) is 14.2 Å². The number of aromatic nitrogens is 2. The van der Waals surface area contributed by atoms with Crippen molar-refractivity contribution < 1.29 is 4.79 Å². The minimum atomic E-state index is -0.203. The second kappa shape index (κ2) is 8.71. The Labute approximate surface area is 180 Å². The fourth-order valence-corrected chi connectivity index (χ4v) is 4.33. The summed E-state index contributed by atoms with van der Waals surface area (Å²) in [6.45, 7) is 0.270. The molecular formula is C22H18BrN3O2S. The van der Waals surface area contributed by atoms with Crippen molar-refractivity contribution in [2.75, 3.05) is 0 Å². The second-order valence-corrected chi connectivity index (χ2v) is 8.48. The van der Waals surface area contributed by atoms with Crippen LogP contribution in [0.25, 0.3) is 10.9 Å². The molecule has 0 saturated heterocycles. The highest BCUT2D eigenvalue weighted by Gasteiger charge is 2.17. The summed E-state index contributed by atoms with van der Waals surface area (Å²) in [7, 11) is 0. The Morgan fingerprint density at radius 3 is 2.72 bits per heavy atom. The van der Waals surface area contributed by atoms with E-state index in [2.05, 4.69) is 26.2 Å². The second-order valence-electron chi connectivity index (χ2n) is 6.58. The minimum absolute atomic E-state index is 0.117. The Kier molecular flexibility index (Phi) is 5.87. The molecule has 4 rings (SSSR count). The summed E-state index contributed by atoms with van der Waals surface area (Å²) in [4.78, 5) is 30.8. The maximum Gasteiger partial charge on any atom is 0.261 e. The molecule has 2 aromatic carbocycles. The standard InChI is InChI=1S/C22H18BrN3O2S/c23-16-8-9-18-17(13-16)22(28)26(14-24-18)11-10-20(27)25-21(19-7-4-12-29-19)15-5-2-1-3-6-15/h1-9,12-14,21H,10-11H2,(H,25,27). The number of nitrogens with one attached hydrogen (secondary N) is 1. The number of benzene rings is 2. The molecule has 146 valence electrons. The van der Waals surface area contributed by atoms with Crippen LogP contribution in [0.2, 0.25) is 0 Å². The molecule has 0 saturated carbocycles. The van der Waals surface area contributed by atoms with E-state index < -0.39 is 0 Å². The fourth-order valence-electron chi connectivity index (χ4n) is 3.17. The molecule has 0 radical (unpaired) electrons. The Morgan fingerprint density at radius 2 is 1.97 bits per heavy atom. The molecule has 1 amide bonds. The number of amides is 1. The lowest BCUT2D eigenvalue weighted by Gasteiger charge is -2.18. The van der Waals surface area contributed by atoms with Crippen LogP contribution in [0, 0.1) is 0 Å². The molecule has 2 heterocycles. The number of fused-ring (bicyclic) bond motifs is 1. The lowest BCUT2D eigenvalue weighted by molar-refractivity contribution is -0.121. The minimum Gasteiger partial charge on any atom is -0.344 e. The summed E-state index contributed by atoms with van der Waals surface area (Å²) in [5, 5.41) is 5.63. The summed E-state index contributed by atoms with van der Waals surface area (Å²) in [6, 6.07) is 19.0. The summed E-state index contributed by atoms with van der Waals surface area (Å²) >= 11 is 4.99. The van der Waals surface area contributed by atoms with Crippen molar-refractivity contribution in [3.8, 4) is 0 Å². The molecule has 5 nitrogen and oxygen atoms in total. The first-order valence-corrected chi connectivity index (χ1v) is 10.8. The fraction of sp³-hybridized carbons (Fsp3) is 0.136. The maximum atomic E-state index is 12.7. The van der Waals surface area contributed by atoms with Crippen LogP contribution in [0.1, 0.15) is 22.9 Å². The predicted molar refractivity (Wildman–Crippen MR) is 119 cm³/mol. The molecule has 4 aromatic rings. The number of nitrogens with zero attached hydrogens (tertiary/aromatic N) is 2. The summed E-state index contributed by atoms with van der Waals surface area (Å²) in [6.07, 6.45) is 1.69. The molecule has 2 aromatic heterocycles. The van der Waals surface area contributed by atoms with Gasteiger partial charge in [-0.15, -0.1) is 11.3 Å². The third kappa shape index (κ3) is 4.46. The molecule has 0 aliphatic rings. The van der Waals surface area contributed by atoms with Crippen LogP contribution in [-0.4, -0.2) is 15.5 Å². The number of aryl methyl sites for hydroxylation is 1. The summed E-state index contributed by atoms with van der Waals surface area (Å²) in [5.41, 5.74) is 1.51. The average molecular weight is 468 g/mol. The van der Waals surface area contributed by atoms with Gasteiger partial charge in [0.1, 0.15) is 0 Å². The molecule has 1 N–H and O–H groups in total. The quantitative estimate of drug-likeness (QED) is 0.453. The Hall–Kier alpha value is -2.77. The molecular weight excluding hydrogens is 450 g/mol. The molecule has 0 spiro atoms. The molecule has 0 aliphatic heterocycles. The van der Waals surface area contributed by atoms with Crippen molar-refractivity contribution in [2.24, 2.45) is 0 Å². The van der Waals surface area contributed by atoms with Gasteiger partial charge in [-0.05, 0) is 35.2 Å². The van der Waals surface area contributed by atoms with E-state index in [1.54, 1.807) is 23.5 Å². The summed E-state index contributed by atoms with van der Waals surface area (Å²) in [5.74, 6) is -0.117. The van der Waals surface area contributed by atoms with Gasteiger partial charge in [0.15, 0.2) is 0 Å². The zero-order chi connectivity index (χ0) is 20.2. The largest absolute Gasteiger partial charge is 0.344 e. The first kappa shape index (κ1) is 19.5. The number of carbonyl (C=O) groups excluding carboxylic acids is 1. The van der Waals surface area contributed by atoms with Crippen molar-refractivity contribution in [3.05, 3.63) is 97.6 Å². The first-order chi connectivity index (χ1) is 14.1. The van der Waals surface area contributed by atoms with Crippen LogP contribution in [0.3, 0.4) is 0 Å². The van der Waals surface area contributed by atoms with Gasteiger partial charge in [0.2, 0.25) is 5.91 Å². The van der Waals surface area contributed by atoms with E-state index in [1.165, 1.54) is 10.9 Å². The number of hydrogen-bond acceptors (Lipinski definition) is 4. The molecule has 0 fully saturated rings. The molecule has 7 heteroatoms. The zero-order valence-electron chi connectivity index (χ0n) is 15.4. The van der Waals surface area contributed by atoms with Gasteiger partial charge in [0.25, 0.3) is 5.56 Å². The van der Waals surface area contributed by atoms with Gasteiger partial charge in [-0.2, -0.15) is 0 Å². The van der Waals surface area contributed by atoms with E-state index in [0.29, 0.717) is 10.9 Å². The van der Waals surface area contributed by atoms with Crippen molar-refractivity contribution in [2.45, 2.75) is 19.0 Å². The maximum absolute atomic E-state index is 12.7. The number of carbonyl (C=O) groups is 1. The zero-order valence-corrected chi connectivity index (χ0v) is 17.8. The van der Waals surface area contributed by atoms with Crippen molar-refractivity contribution in [1.82, 2.24) is 14.9 Å². The van der Waals surface area contributed by atoms with E-state index in [4.69, 9.17) is 0 Å². The Morgan fingerprint density at radius 1 is 1.14 bits per heavy atom. The van der Waals surface area contributed by atoms with E-state index in [-0.39, 0.29) is 30.5 Å². The van der Waals surface area contributed by atoms with Crippen molar-refractivity contribution in [3.63, 3.8) is 0 Å². The van der Waals surface area contributed by atoms with Gasteiger partial charge in [0.05, 0.1) is 23.3 Å². The normalized spacial score (nSPS) is 12.0. The van der Waals surface area contributed by atoms with E-state index in [9.17, 15) is 9.59 Å². The van der Waals surface area contributed by atoms with Crippen molar-refractivity contribution >= 4 is 44.1 Å². The van der Waals surface area contributed by atoms with Gasteiger partial charge in [-0.25, -0.2) is 4.98 Å². The molecule has 0 aliphatic carbocycles. The molecule has 1 unspecified atom stereocenters. The SMILES string of the molecule is O=C(CCn1cnc2ccc(Br)cc2c1=O)NC(c1ccccc1)c1cccs1. The number of hydrogen-bond donors (Lipinski definition) is 1. The molecule has 0 bridgehead atoms. The first-order valence-electron chi connectivity index (χ1n) is 9.14. The van der Waals surface area contributed by atoms with E-state index >= 15 is 0 Å². The Bertz CT molecular complexity index is 1190. The van der Waals surface area contributed by atoms with Crippen LogP contribution in [0.15, 0.2) is 81.6 Å². The molecule has 1 atom stereocenters. The van der Waals surface area contributed by atoms with Crippen LogP contribution >= 0.6 is 27.3 Å². The van der Waals surface area contributed by atoms with Gasteiger partial charge in [-0.1, -0.05) is 52.3 Å².